The Hall–Kier alpha value is -2.30. The highest BCUT2D eigenvalue weighted by Crippen LogP contribution is 2.38. The molecule has 0 atom stereocenters. The van der Waals surface area contributed by atoms with Crippen molar-refractivity contribution in [1.82, 2.24) is 0 Å². The topological polar surface area (TPSA) is 26.3 Å². The molecule has 1 aliphatic rings. The lowest BCUT2D eigenvalue weighted by atomic mass is 10.1. The van der Waals surface area contributed by atoms with E-state index < -0.39 is 6.36 Å². The molecule has 0 amide bonds. The van der Waals surface area contributed by atoms with Gasteiger partial charge in [0.1, 0.15) is 5.75 Å². The Balaban J connectivity index is 2.08. The van der Waals surface area contributed by atoms with E-state index in [0.717, 1.165) is 11.6 Å². The minimum atomic E-state index is -4.76. The van der Waals surface area contributed by atoms with Crippen molar-refractivity contribution in [2.45, 2.75) is 6.36 Å². The first-order valence-corrected chi connectivity index (χ1v) is 5.49. The number of ether oxygens (including phenoxy) is 1. The molecular formula is C14H7F3O2. The molecule has 0 aliphatic heterocycles. The molecule has 3 rings (SSSR count). The first-order chi connectivity index (χ1) is 8.96. The monoisotopic (exact) mass is 264 g/mol. The third kappa shape index (κ3) is 1.97. The maximum Gasteiger partial charge on any atom is 0.573 e. The van der Waals surface area contributed by atoms with Gasteiger partial charge in [0.25, 0.3) is 0 Å². The molecule has 96 valence electrons. The van der Waals surface area contributed by atoms with Crippen LogP contribution in [0.15, 0.2) is 42.5 Å². The van der Waals surface area contributed by atoms with Gasteiger partial charge in [0.05, 0.1) is 0 Å². The highest BCUT2D eigenvalue weighted by atomic mass is 19.4. The van der Waals surface area contributed by atoms with Crippen molar-refractivity contribution < 1.29 is 22.7 Å². The van der Waals surface area contributed by atoms with E-state index in [1.54, 1.807) is 24.3 Å². The van der Waals surface area contributed by atoms with Crippen LogP contribution < -0.4 is 4.74 Å². The Morgan fingerprint density at radius 1 is 0.842 bits per heavy atom. The Kier molecular flexibility index (Phi) is 2.38. The van der Waals surface area contributed by atoms with Crippen LogP contribution in [0.4, 0.5) is 13.2 Å². The molecule has 0 unspecified atom stereocenters. The summed E-state index contributed by atoms with van der Waals surface area (Å²) in [7, 11) is 0. The van der Waals surface area contributed by atoms with Crippen molar-refractivity contribution in [3.05, 3.63) is 53.6 Å². The van der Waals surface area contributed by atoms with Crippen LogP contribution in [-0.4, -0.2) is 12.1 Å². The van der Waals surface area contributed by atoms with Gasteiger partial charge in [-0.15, -0.1) is 13.2 Å². The SMILES string of the molecule is O=C1c2ccccc2-c2ccc(OC(F)(F)F)cc21. The lowest BCUT2D eigenvalue weighted by Gasteiger charge is -2.09. The predicted octanol–water partition coefficient (Wildman–Crippen LogP) is 3.80. The Morgan fingerprint density at radius 2 is 1.47 bits per heavy atom. The minimum Gasteiger partial charge on any atom is -0.406 e. The second-order valence-electron chi connectivity index (χ2n) is 4.13. The Labute approximate surface area is 106 Å². The fourth-order valence-electron chi connectivity index (χ4n) is 2.20. The molecule has 0 N–H and O–H groups in total. The van der Waals surface area contributed by atoms with E-state index in [4.69, 9.17) is 0 Å². The van der Waals surface area contributed by atoms with Crippen LogP contribution in [0.3, 0.4) is 0 Å². The normalized spacial score (nSPS) is 13.1. The molecule has 0 saturated carbocycles. The van der Waals surface area contributed by atoms with Gasteiger partial charge < -0.3 is 4.74 Å². The molecule has 1 aliphatic carbocycles. The molecule has 2 aromatic rings. The summed E-state index contributed by atoms with van der Waals surface area (Å²) in [6, 6.07) is 10.7. The fraction of sp³-hybridized carbons (Fsp3) is 0.0714. The molecule has 19 heavy (non-hydrogen) atoms. The van der Waals surface area contributed by atoms with Crippen LogP contribution in [0, 0.1) is 0 Å². The molecule has 0 heterocycles. The lowest BCUT2D eigenvalue weighted by molar-refractivity contribution is -0.274. The molecule has 0 fully saturated rings. The van der Waals surface area contributed by atoms with E-state index in [9.17, 15) is 18.0 Å². The number of halogens is 3. The molecular weight excluding hydrogens is 257 g/mol. The number of hydrogen-bond donors (Lipinski definition) is 0. The average molecular weight is 264 g/mol. The Bertz CT molecular complexity index is 675. The number of rotatable bonds is 1. The van der Waals surface area contributed by atoms with Gasteiger partial charge in [0, 0.05) is 11.1 Å². The summed E-state index contributed by atoms with van der Waals surface area (Å²) >= 11 is 0. The van der Waals surface area contributed by atoms with Gasteiger partial charge >= 0.3 is 6.36 Å². The summed E-state index contributed by atoms with van der Waals surface area (Å²) in [6.45, 7) is 0. The van der Waals surface area contributed by atoms with E-state index in [1.807, 2.05) is 0 Å². The number of carbonyl (C=O) groups is 1. The van der Waals surface area contributed by atoms with Crippen LogP contribution in [0.1, 0.15) is 15.9 Å². The van der Waals surface area contributed by atoms with Gasteiger partial charge in [0.15, 0.2) is 5.78 Å². The number of carbonyl (C=O) groups excluding carboxylic acids is 1. The van der Waals surface area contributed by atoms with Crippen molar-refractivity contribution in [2.75, 3.05) is 0 Å². The quantitative estimate of drug-likeness (QED) is 0.668. The zero-order valence-electron chi connectivity index (χ0n) is 9.49. The summed E-state index contributed by atoms with van der Waals surface area (Å²) in [5, 5.41) is 0. The average Bonchev–Trinajstić information content (AvgIpc) is 2.62. The van der Waals surface area contributed by atoms with Crippen molar-refractivity contribution >= 4 is 5.78 Å². The molecule has 0 spiro atoms. The molecule has 0 aromatic heterocycles. The fourth-order valence-corrected chi connectivity index (χ4v) is 2.20. The molecule has 5 heteroatoms. The largest absolute Gasteiger partial charge is 0.573 e. The minimum absolute atomic E-state index is 0.239. The first kappa shape index (κ1) is 11.8. The van der Waals surface area contributed by atoms with Crippen LogP contribution in [0.25, 0.3) is 11.1 Å². The van der Waals surface area contributed by atoms with Crippen molar-refractivity contribution in [2.24, 2.45) is 0 Å². The number of alkyl halides is 3. The summed E-state index contributed by atoms with van der Waals surface area (Å²) in [5.74, 6) is -0.661. The molecule has 0 radical (unpaired) electrons. The number of hydrogen-bond acceptors (Lipinski definition) is 2. The predicted molar refractivity (Wildman–Crippen MR) is 62.0 cm³/mol. The van der Waals surface area contributed by atoms with E-state index in [-0.39, 0.29) is 17.1 Å². The van der Waals surface area contributed by atoms with Crippen molar-refractivity contribution in [3.8, 4) is 16.9 Å². The lowest BCUT2D eigenvalue weighted by Crippen LogP contribution is -2.17. The van der Waals surface area contributed by atoms with Gasteiger partial charge in [-0.2, -0.15) is 0 Å². The first-order valence-electron chi connectivity index (χ1n) is 5.49. The van der Waals surface area contributed by atoms with E-state index in [1.165, 1.54) is 12.1 Å². The van der Waals surface area contributed by atoms with Gasteiger partial charge in [-0.25, -0.2) is 0 Å². The summed E-state index contributed by atoms with van der Waals surface area (Å²) in [5.41, 5.74) is 2.11. The van der Waals surface area contributed by atoms with Gasteiger partial charge in [0.2, 0.25) is 0 Å². The summed E-state index contributed by atoms with van der Waals surface area (Å²) < 4.78 is 40.3. The third-order valence-corrected chi connectivity index (χ3v) is 2.93. The molecule has 2 nitrogen and oxygen atoms in total. The number of fused-ring (bicyclic) bond motifs is 3. The summed E-state index contributed by atoms with van der Waals surface area (Å²) in [6.07, 6.45) is -4.76. The maximum absolute atomic E-state index is 12.1. The van der Waals surface area contributed by atoms with E-state index in [2.05, 4.69) is 4.74 Å². The molecule has 0 saturated heterocycles. The van der Waals surface area contributed by atoms with Crippen LogP contribution in [0.5, 0.6) is 5.75 Å². The highest BCUT2D eigenvalue weighted by molar-refractivity contribution is 6.21. The van der Waals surface area contributed by atoms with E-state index >= 15 is 0 Å². The maximum atomic E-state index is 12.1. The van der Waals surface area contributed by atoms with Gasteiger partial charge in [-0.05, 0) is 29.3 Å². The Morgan fingerprint density at radius 3 is 2.16 bits per heavy atom. The summed E-state index contributed by atoms with van der Waals surface area (Å²) in [4.78, 5) is 12.1. The van der Waals surface area contributed by atoms with Crippen LogP contribution in [0.2, 0.25) is 0 Å². The van der Waals surface area contributed by atoms with Crippen LogP contribution >= 0.6 is 0 Å². The third-order valence-electron chi connectivity index (χ3n) is 2.93. The zero-order valence-corrected chi connectivity index (χ0v) is 9.49. The number of ketones is 1. The van der Waals surface area contributed by atoms with Crippen molar-refractivity contribution in [1.29, 1.82) is 0 Å². The second-order valence-corrected chi connectivity index (χ2v) is 4.13. The molecule has 0 bridgehead atoms. The van der Waals surface area contributed by atoms with Crippen LogP contribution in [-0.2, 0) is 0 Å². The number of benzene rings is 2. The molecule has 2 aromatic carbocycles. The smallest absolute Gasteiger partial charge is 0.406 e. The van der Waals surface area contributed by atoms with Gasteiger partial charge in [-0.1, -0.05) is 24.3 Å². The van der Waals surface area contributed by atoms with E-state index in [0.29, 0.717) is 11.1 Å². The van der Waals surface area contributed by atoms with Gasteiger partial charge in [-0.3, -0.25) is 4.79 Å². The standard InChI is InChI=1S/C14H7F3O2/c15-14(16,17)19-8-5-6-10-9-3-1-2-4-11(9)13(18)12(10)7-8/h1-7H. The highest BCUT2D eigenvalue weighted by Gasteiger charge is 2.33. The zero-order chi connectivity index (χ0) is 13.6. The van der Waals surface area contributed by atoms with Crippen molar-refractivity contribution in [3.63, 3.8) is 0 Å². The second kappa shape index (κ2) is 3.85.